The Kier molecular flexibility index (Phi) is 5.90. The van der Waals surface area contributed by atoms with Gasteiger partial charge in [0, 0.05) is 61.1 Å². The molecular weight excluding hydrogens is 470 g/mol. The summed E-state index contributed by atoms with van der Waals surface area (Å²) >= 11 is 0. The summed E-state index contributed by atoms with van der Waals surface area (Å²) in [6.07, 6.45) is 4.09. The maximum Gasteiger partial charge on any atom is 0.219 e. The number of hydrogen-bond acceptors (Lipinski definition) is 4. The fourth-order valence-electron chi connectivity index (χ4n) is 5.90. The van der Waals surface area contributed by atoms with Gasteiger partial charge in [0.05, 0.1) is 17.4 Å². The normalized spacial score (nSPS) is 16.0. The van der Waals surface area contributed by atoms with Crippen LogP contribution in [0.3, 0.4) is 0 Å². The molecule has 0 N–H and O–H groups in total. The van der Waals surface area contributed by atoms with Crippen LogP contribution in [0, 0.1) is 20.8 Å². The van der Waals surface area contributed by atoms with Crippen LogP contribution < -0.4 is 4.90 Å². The molecule has 1 amide bonds. The molecule has 6 rings (SSSR count). The van der Waals surface area contributed by atoms with E-state index in [1.165, 1.54) is 16.8 Å². The topological polar surface area (TPSA) is 53.7 Å². The van der Waals surface area contributed by atoms with Gasteiger partial charge in [-0.05, 0) is 80.8 Å². The highest BCUT2D eigenvalue weighted by Gasteiger charge is 2.25. The third kappa shape index (κ3) is 4.20. The average Bonchev–Trinajstić information content (AvgIpc) is 3.32. The zero-order chi connectivity index (χ0) is 26.6. The Morgan fingerprint density at radius 1 is 0.947 bits per heavy atom. The first-order valence-corrected chi connectivity index (χ1v) is 13.3. The smallest absolute Gasteiger partial charge is 0.219 e. The lowest BCUT2D eigenvalue weighted by Gasteiger charge is -2.40. The standard InChI is InChI=1S/C32H33N5O/c1-20-14-21(2)32-29(15-20)28(16-22(3)34-32)30-18-33-31-17-26(10-11-37(30)31)25-6-8-27(9-7-25)35-12-13-36(24(5)38)23(4)19-35/h6-11,14-18,23H,12-13,19H2,1-5H3. The predicted molar refractivity (Wildman–Crippen MR) is 155 cm³/mol. The number of carbonyl (C=O) groups excluding carboxylic acids is 1. The van der Waals surface area contributed by atoms with Crippen molar-refractivity contribution in [3.63, 3.8) is 0 Å². The predicted octanol–water partition coefficient (Wildman–Crippen LogP) is 6.20. The van der Waals surface area contributed by atoms with Crippen LogP contribution in [0.25, 0.3) is 38.9 Å². The number of anilines is 1. The number of benzene rings is 2. The van der Waals surface area contributed by atoms with Crippen molar-refractivity contribution in [2.24, 2.45) is 0 Å². The zero-order valence-electron chi connectivity index (χ0n) is 22.7. The lowest BCUT2D eigenvalue weighted by molar-refractivity contribution is -0.131. The van der Waals surface area contributed by atoms with Crippen molar-refractivity contribution in [3.05, 3.63) is 83.8 Å². The molecule has 192 valence electrons. The van der Waals surface area contributed by atoms with Crippen molar-refractivity contribution in [3.8, 4) is 22.4 Å². The van der Waals surface area contributed by atoms with Gasteiger partial charge in [0.1, 0.15) is 5.65 Å². The minimum absolute atomic E-state index is 0.155. The number of pyridine rings is 2. The molecule has 5 aromatic rings. The van der Waals surface area contributed by atoms with E-state index < -0.39 is 0 Å². The second kappa shape index (κ2) is 9.28. The van der Waals surface area contributed by atoms with Crippen LogP contribution in [-0.4, -0.2) is 50.9 Å². The van der Waals surface area contributed by atoms with E-state index in [4.69, 9.17) is 9.97 Å². The minimum atomic E-state index is 0.155. The third-order valence-corrected chi connectivity index (χ3v) is 7.76. The summed E-state index contributed by atoms with van der Waals surface area (Å²) in [4.78, 5) is 25.8. The Bertz CT molecular complexity index is 1680. The highest BCUT2D eigenvalue weighted by atomic mass is 16.2. The van der Waals surface area contributed by atoms with Crippen LogP contribution in [0.4, 0.5) is 5.69 Å². The van der Waals surface area contributed by atoms with Crippen LogP contribution in [0.15, 0.2) is 67.0 Å². The maximum absolute atomic E-state index is 11.8. The molecule has 2 aromatic carbocycles. The van der Waals surface area contributed by atoms with Gasteiger partial charge in [0.25, 0.3) is 0 Å². The first-order chi connectivity index (χ1) is 18.3. The summed E-state index contributed by atoms with van der Waals surface area (Å²) in [6.45, 7) is 12.6. The van der Waals surface area contributed by atoms with Crippen molar-refractivity contribution in [1.82, 2.24) is 19.3 Å². The Labute approximate surface area is 223 Å². The van der Waals surface area contributed by atoms with Crippen molar-refractivity contribution < 1.29 is 4.79 Å². The van der Waals surface area contributed by atoms with Crippen LogP contribution in [0.2, 0.25) is 0 Å². The van der Waals surface area contributed by atoms with Crippen molar-refractivity contribution in [2.75, 3.05) is 24.5 Å². The third-order valence-electron chi connectivity index (χ3n) is 7.76. The van der Waals surface area contributed by atoms with Gasteiger partial charge >= 0.3 is 0 Å². The van der Waals surface area contributed by atoms with Gasteiger partial charge in [-0.1, -0.05) is 23.8 Å². The first-order valence-electron chi connectivity index (χ1n) is 13.3. The number of nitrogens with zero attached hydrogens (tertiary/aromatic N) is 5. The van der Waals surface area contributed by atoms with E-state index in [1.54, 1.807) is 6.92 Å². The van der Waals surface area contributed by atoms with E-state index in [0.29, 0.717) is 0 Å². The average molecular weight is 504 g/mol. The molecule has 6 nitrogen and oxygen atoms in total. The molecule has 0 aliphatic carbocycles. The highest BCUT2D eigenvalue weighted by molar-refractivity contribution is 5.96. The number of hydrogen-bond donors (Lipinski definition) is 0. The van der Waals surface area contributed by atoms with Gasteiger partial charge in [-0.15, -0.1) is 0 Å². The quantitative estimate of drug-likeness (QED) is 0.294. The molecule has 3 aromatic heterocycles. The second-order valence-electron chi connectivity index (χ2n) is 10.6. The fourth-order valence-corrected chi connectivity index (χ4v) is 5.90. The monoisotopic (exact) mass is 503 g/mol. The van der Waals surface area contributed by atoms with Gasteiger partial charge in [-0.3, -0.25) is 14.2 Å². The summed E-state index contributed by atoms with van der Waals surface area (Å²) < 4.78 is 2.17. The molecule has 1 aliphatic rings. The summed E-state index contributed by atoms with van der Waals surface area (Å²) in [6, 6.07) is 19.8. The van der Waals surface area contributed by atoms with Crippen molar-refractivity contribution >= 4 is 28.1 Å². The maximum atomic E-state index is 11.8. The number of carbonyl (C=O) groups is 1. The summed E-state index contributed by atoms with van der Waals surface area (Å²) in [7, 11) is 0. The number of rotatable bonds is 3. The molecule has 0 saturated carbocycles. The SMILES string of the molecule is CC(=O)N1CCN(c2ccc(-c3ccn4c(-c5cc(C)nc6c(C)cc(C)cc56)cnc4c3)cc2)CC1C. The summed E-state index contributed by atoms with van der Waals surface area (Å²) in [5.74, 6) is 0.155. The largest absolute Gasteiger partial charge is 0.368 e. The number of amides is 1. The fraction of sp³-hybridized carbons (Fsp3) is 0.281. The Morgan fingerprint density at radius 2 is 1.74 bits per heavy atom. The molecule has 0 bridgehead atoms. The molecule has 1 unspecified atom stereocenters. The summed E-state index contributed by atoms with van der Waals surface area (Å²) in [5, 5.41) is 1.16. The lowest BCUT2D eigenvalue weighted by Crippen LogP contribution is -2.53. The van der Waals surface area contributed by atoms with E-state index >= 15 is 0 Å². The summed E-state index contributed by atoms with van der Waals surface area (Å²) in [5.41, 5.74) is 11.1. The lowest BCUT2D eigenvalue weighted by atomic mass is 10.00. The van der Waals surface area contributed by atoms with Gasteiger partial charge in [-0.2, -0.15) is 0 Å². The molecular formula is C32H33N5O. The Morgan fingerprint density at radius 3 is 2.47 bits per heavy atom. The van der Waals surface area contributed by atoms with E-state index in [9.17, 15) is 4.79 Å². The number of aromatic nitrogens is 3. The van der Waals surface area contributed by atoms with E-state index in [1.807, 2.05) is 11.1 Å². The van der Waals surface area contributed by atoms with E-state index in [-0.39, 0.29) is 11.9 Å². The molecule has 0 spiro atoms. The first kappa shape index (κ1) is 24.2. The molecule has 1 fully saturated rings. The molecule has 1 aliphatic heterocycles. The molecule has 1 saturated heterocycles. The van der Waals surface area contributed by atoms with Crippen LogP contribution in [-0.2, 0) is 4.79 Å². The number of imidazole rings is 1. The minimum Gasteiger partial charge on any atom is -0.368 e. The Hall–Kier alpha value is -4.19. The second-order valence-corrected chi connectivity index (χ2v) is 10.6. The van der Waals surface area contributed by atoms with Gasteiger partial charge < -0.3 is 9.80 Å². The molecule has 38 heavy (non-hydrogen) atoms. The van der Waals surface area contributed by atoms with E-state index in [2.05, 4.69) is 97.8 Å². The number of aryl methyl sites for hydroxylation is 3. The van der Waals surface area contributed by atoms with Gasteiger partial charge in [0.15, 0.2) is 0 Å². The van der Waals surface area contributed by atoms with Crippen LogP contribution in [0.5, 0.6) is 0 Å². The van der Waals surface area contributed by atoms with E-state index in [0.717, 1.165) is 64.3 Å². The number of fused-ring (bicyclic) bond motifs is 2. The molecule has 4 heterocycles. The molecule has 6 heteroatoms. The molecule has 1 atom stereocenters. The number of piperazine rings is 1. The molecule has 0 radical (unpaired) electrons. The van der Waals surface area contributed by atoms with Crippen LogP contribution >= 0.6 is 0 Å². The zero-order valence-corrected chi connectivity index (χ0v) is 22.7. The van der Waals surface area contributed by atoms with Crippen molar-refractivity contribution in [1.29, 1.82) is 0 Å². The Balaban J connectivity index is 1.31. The van der Waals surface area contributed by atoms with Crippen molar-refractivity contribution in [2.45, 2.75) is 40.7 Å². The highest BCUT2D eigenvalue weighted by Crippen LogP contribution is 2.33. The van der Waals surface area contributed by atoms with Gasteiger partial charge in [-0.25, -0.2) is 4.98 Å². The van der Waals surface area contributed by atoms with Gasteiger partial charge in [0.2, 0.25) is 5.91 Å². The van der Waals surface area contributed by atoms with Crippen LogP contribution in [0.1, 0.15) is 30.7 Å².